The summed E-state index contributed by atoms with van der Waals surface area (Å²) in [5.74, 6) is -0.0265. The van der Waals surface area contributed by atoms with Gasteiger partial charge in [0, 0.05) is 29.9 Å². The summed E-state index contributed by atoms with van der Waals surface area (Å²) < 4.78 is 1.37. The zero-order valence-corrected chi connectivity index (χ0v) is 13.1. The number of aromatic nitrogens is 3. The van der Waals surface area contributed by atoms with Gasteiger partial charge in [0.2, 0.25) is 5.91 Å². The fourth-order valence-electron chi connectivity index (χ4n) is 2.33. The number of carbonyl (C=O) groups is 1. The minimum atomic E-state index is -0.265. The molecule has 2 rings (SSSR count). The molecule has 7 heteroatoms. The Morgan fingerprint density at radius 2 is 2.23 bits per heavy atom. The van der Waals surface area contributed by atoms with Crippen LogP contribution in [-0.2, 0) is 11.2 Å². The first-order valence-corrected chi connectivity index (χ1v) is 7.40. The summed E-state index contributed by atoms with van der Waals surface area (Å²) in [6, 6.07) is 1.46. The Bertz CT molecular complexity index is 717. The lowest BCUT2D eigenvalue weighted by Crippen LogP contribution is -2.41. The number of nitrogens with zero attached hydrogens (tertiary/aromatic N) is 2. The van der Waals surface area contributed by atoms with Crippen LogP contribution in [0.1, 0.15) is 31.5 Å². The van der Waals surface area contributed by atoms with Crippen LogP contribution in [0.15, 0.2) is 17.1 Å². The Hall–Kier alpha value is -2.15. The average molecular weight is 306 g/mol. The van der Waals surface area contributed by atoms with Crippen molar-refractivity contribution in [2.45, 2.75) is 39.7 Å². The van der Waals surface area contributed by atoms with Gasteiger partial charge in [-0.15, -0.1) is 0 Å². The highest BCUT2D eigenvalue weighted by Crippen LogP contribution is 2.06. The number of aryl methyl sites for hydroxylation is 1. The number of amides is 1. The monoisotopic (exact) mass is 306 g/mol. The molecule has 0 aliphatic heterocycles. The molecule has 3 N–H and O–H groups in total. The number of aliphatic hydroxyl groups excluding tert-OH is 1. The summed E-state index contributed by atoms with van der Waals surface area (Å²) in [7, 11) is 0. The molecule has 0 radical (unpaired) electrons. The Morgan fingerprint density at radius 1 is 1.50 bits per heavy atom. The highest BCUT2D eigenvalue weighted by atomic mass is 16.3. The lowest BCUT2D eigenvalue weighted by Gasteiger charge is -2.19. The Kier molecular flexibility index (Phi) is 4.97. The summed E-state index contributed by atoms with van der Waals surface area (Å²) >= 11 is 0. The molecular formula is C15H22N4O3. The molecule has 0 unspecified atom stereocenters. The lowest BCUT2D eigenvalue weighted by atomic mass is 10.0. The van der Waals surface area contributed by atoms with E-state index >= 15 is 0 Å². The van der Waals surface area contributed by atoms with Crippen LogP contribution in [-0.4, -0.2) is 38.3 Å². The van der Waals surface area contributed by atoms with E-state index in [1.54, 1.807) is 19.2 Å². The van der Waals surface area contributed by atoms with Gasteiger partial charge in [0.05, 0.1) is 12.6 Å². The molecule has 2 aromatic rings. The van der Waals surface area contributed by atoms with Crippen molar-refractivity contribution < 1.29 is 9.90 Å². The van der Waals surface area contributed by atoms with Gasteiger partial charge in [0.25, 0.3) is 5.56 Å². The van der Waals surface area contributed by atoms with Gasteiger partial charge >= 0.3 is 0 Å². The number of aromatic amines is 1. The number of carbonyl (C=O) groups excluding carboxylic acids is 1. The Balaban J connectivity index is 2.08. The molecule has 22 heavy (non-hydrogen) atoms. The molecule has 0 saturated heterocycles. The van der Waals surface area contributed by atoms with E-state index in [0.29, 0.717) is 23.3 Å². The van der Waals surface area contributed by atoms with Gasteiger partial charge in [-0.3, -0.25) is 14.7 Å². The minimum Gasteiger partial charge on any atom is -0.394 e. The molecule has 0 spiro atoms. The molecule has 0 fully saturated rings. The molecule has 0 aliphatic carbocycles. The number of nitrogens with one attached hydrogen (secondary N) is 2. The number of fused-ring (bicyclic) bond motifs is 1. The van der Waals surface area contributed by atoms with E-state index in [-0.39, 0.29) is 36.5 Å². The predicted molar refractivity (Wildman–Crippen MR) is 82.7 cm³/mol. The van der Waals surface area contributed by atoms with Gasteiger partial charge in [-0.2, -0.15) is 0 Å². The van der Waals surface area contributed by atoms with Gasteiger partial charge in [-0.25, -0.2) is 9.50 Å². The third-order valence-corrected chi connectivity index (χ3v) is 3.80. The van der Waals surface area contributed by atoms with E-state index in [1.807, 2.05) is 13.8 Å². The van der Waals surface area contributed by atoms with Crippen molar-refractivity contribution in [3.05, 3.63) is 33.9 Å². The maximum atomic E-state index is 12.3. The fraction of sp³-hybridized carbons (Fsp3) is 0.533. The quantitative estimate of drug-likeness (QED) is 0.719. The SMILES string of the molecule is Cc1nc2cc[nH]n2c(=O)c1CCC(=O)N[C@H](CO)C(C)C. The maximum absolute atomic E-state index is 12.3. The van der Waals surface area contributed by atoms with Crippen molar-refractivity contribution in [3.8, 4) is 0 Å². The Morgan fingerprint density at radius 3 is 2.86 bits per heavy atom. The second-order valence-electron chi connectivity index (χ2n) is 5.74. The summed E-state index contributed by atoms with van der Waals surface area (Å²) in [6.07, 6.45) is 2.16. The molecule has 0 aliphatic rings. The van der Waals surface area contributed by atoms with Crippen molar-refractivity contribution in [1.29, 1.82) is 0 Å². The van der Waals surface area contributed by atoms with Crippen LogP contribution < -0.4 is 10.9 Å². The first kappa shape index (κ1) is 16.2. The van der Waals surface area contributed by atoms with Crippen LogP contribution in [0.4, 0.5) is 0 Å². The number of hydrogen-bond acceptors (Lipinski definition) is 4. The van der Waals surface area contributed by atoms with E-state index in [9.17, 15) is 14.7 Å². The second kappa shape index (κ2) is 6.74. The van der Waals surface area contributed by atoms with Crippen LogP contribution in [0.25, 0.3) is 5.65 Å². The third kappa shape index (κ3) is 3.36. The number of rotatable bonds is 6. The van der Waals surface area contributed by atoms with E-state index in [4.69, 9.17) is 0 Å². The normalized spacial score (nSPS) is 12.8. The molecule has 0 saturated carbocycles. The molecule has 0 aromatic carbocycles. The Labute approximate surface area is 128 Å². The summed E-state index contributed by atoms with van der Waals surface area (Å²) in [5.41, 5.74) is 1.55. The molecule has 0 bridgehead atoms. The van der Waals surface area contributed by atoms with Crippen molar-refractivity contribution in [2.75, 3.05) is 6.61 Å². The molecule has 1 atom stereocenters. The predicted octanol–water partition coefficient (Wildman–Crippen LogP) is 0.397. The largest absolute Gasteiger partial charge is 0.394 e. The van der Waals surface area contributed by atoms with Gasteiger partial charge in [0.1, 0.15) is 0 Å². The topological polar surface area (TPSA) is 99.5 Å². The smallest absolute Gasteiger partial charge is 0.276 e. The van der Waals surface area contributed by atoms with E-state index in [0.717, 1.165) is 0 Å². The van der Waals surface area contributed by atoms with Crippen molar-refractivity contribution >= 4 is 11.6 Å². The van der Waals surface area contributed by atoms with Crippen LogP contribution in [0.3, 0.4) is 0 Å². The summed E-state index contributed by atoms with van der Waals surface area (Å²) in [4.78, 5) is 28.6. The van der Waals surface area contributed by atoms with Crippen molar-refractivity contribution in [1.82, 2.24) is 19.9 Å². The average Bonchev–Trinajstić information content (AvgIpc) is 2.92. The lowest BCUT2D eigenvalue weighted by molar-refractivity contribution is -0.122. The second-order valence-corrected chi connectivity index (χ2v) is 5.74. The van der Waals surface area contributed by atoms with E-state index in [1.165, 1.54) is 4.52 Å². The highest BCUT2D eigenvalue weighted by molar-refractivity contribution is 5.76. The van der Waals surface area contributed by atoms with E-state index in [2.05, 4.69) is 15.4 Å². The standard InChI is InChI=1S/C15H22N4O3/c1-9(2)12(8-20)18-14(21)5-4-11-10(3)17-13-6-7-16-19(13)15(11)22/h6-7,9,12,16,20H,4-5,8H2,1-3H3,(H,18,21)/t12-/m1/s1. The van der Waals surface area contributed by atoms with Crippen LogP contribution >= 0.6 is 0 Å². The van der Waals surface area contributed by atoms with E-state index < -0.39 is 0 Å². The van der Waals surface area contributed by atoms with Crippen molar-refractivity contribution in [2.24, 2.45) is 5.92 Å². The van der Waals surface area contributed by atoms with Gasteiger partial charge in [0.15, 0.2) is 5.65 Å². The highest BCUT2D eigenvalue weighted by Gasteiger charge is 2.16. The zero-order valence-electron chi connectivity index (χ0n) is 13.1. The fourth-order valence-corrected chi connectivity index (χ4v) is 2.33. The number of aliphatic hydroxyl groups is 1. The first-order chi connectivity index (χ1) is 10.4. The molecule has 120 valence electrons. The van der Waals surface area contributed by atoms with Gasteiger partial charge in [-0.1, -0.05) is 13.8 Å². The molecule has 1 amide bonds. The molecule has 7 nitrogen and oxygen atoms in total. The minimum absolute atomic E-state index is 0.0961. The number of hydrogen-bond donors (Lipinski definition) is 3. The summed E-state index contributed by atoms with van der Waals surface area (Å²) in [6.45, 7) is 5.54. The summed E-state index contributed by atoms with van der Waals surface area (Å²) in [5, 5.41) is 14.8. The number of H-pyrrole nitrogens is 1. The van der Waals surface area contributed by atoms with Crippen LogP contribution in [0, 0.1) is 12.8 Å². The first-order valence-electron chi connectivity index (χ1n) is 7.40. The third-order valence-electron chi connectivity index (χ3n) is 3.80. The molecule has 2 heterocycles. The van der Waals surface area contributed by atoms with Gasteiger partial charge < -0.3 is 10.4 Å². The van der Waals surface area contributed by atoms with Crippen LogP contribution in [0.2, 0.25) is 0 Å². The van der Waals surface area contributed by atoms with Gasteiger partial charge in [-0.05, 0) is 19.3 Å². The van der Waals surface area contributed by atoms with Crippen LogP contribution in [0.5, 0.6) is 0 Å². The van der Waals surface area contributed by atoms with Crippen molar-refractivity contribution in [3.63, 3.8) is 0 Å². The zero-order chi connectivity index (χ0) is 16.3. The maximum Gasteiger partial charge on any atom is 0.276 e. The molecule has 2 aromatic heterocycles. The molecular weight excluding hydrogens is 284 g/mol.